The minimum atomic E-state index is -1.04. The Morgan fingerprint density at radius 1 is 1.61 bits per heavy atom. The van der Waals surface area contributed by atoms with Gasteiger partial charge in [-0.1, -0.05) is 6.92 Å². The van der Waals surface area contributed by atoms with Crippen LogP contribution in [0.4, 0.5) is 0 Å². The van der Waals surface area contributed by atoms with E-state index in [9.17, 15) is 4.79 Å². The SMILES string of the molecule is CC1CC1c1ccc(-c2sc(Br)nc2C(=O)O)o1. The highest BCUT2D eigenvalue weighted by atomic mass is 79.9. The zero-order valence-corrected chi connectivity index (χ0v) is 11.9. The van der Waals surface area contributed by atoms with E-state index < -0.39 is 5.97 Å². The number of rotatable bonds is 3. The molecule has 6 heteroatoms. The largest absolute Gasteiger partial charge is 0.476 e. The lowest BCUT2D eigenvalue weighted by atomic mass is 10.2. The highest BCUT2D eigenvalue weighted by molar-refractivity contribution is 9.11. The average Bonchev–Trinajstić information content (AvgIpc) is 2.79. The number of thiazole rings is 1. The van der Waals surface area contributed by atoms with E-state index in [0.717, 1.165) is 12.2 Å². The lowest BCUT2D eigenvalue weighted by molar-refractivity contribution is 0.0692. The number of aromatic nitrogens is 1. The van der Waals surface area contributed by atoms with Gasteiger partial charge in [-0.05, 0) is 40.4 Å². The molecule has 0 radical (unpaired) electrons. The second kappa shape index (κ2) is 4.20. The zero-order valence-electron chi connectivity index (χ0n) is 9.51. The Labute approximate surface area is 116 Å². The molecule has 94 valence electrons. The summed E-state index contributed by atoms with van der Waals surface area (Å²) in [5, 5.41) is 9.09. The van der Waals surface area contributed by atoms with Crippen LogP contribution in [0.5, 0.6) is 0 Å². The van der Waals surface area contributed by atoms with Crippen molar-refractivity contribution in [1.82, 2.24) is 4.98 Å². The normalized spacial score (nSPS) is 22.1. The molecule has 1 N–H and O–H groups in total. The van der Waals surface area contributed by atoms with Gasteiger partial charge in [-0.25, -0.2) is 9.78 Å². The fourth-order valence-corrected chi connectivity index (χ4v) is 3.41. The molecule has 2 atom stereocenters. The Kier molecular flexibility index (Phi) is 2.79. The van der Waals surface area contributed by atoms with Gasteiger partial charge in [-0.3, -0.25) is 0 Å². The number of carbonyl (C=O) groups is 1. The lowest BCUT2D eigenvalue weighted by Crippen LogP contribution is -1.98. The Morgan fingerprint density at radius 2 is 2.33 bits per heavy atom. The van der Waals surface area contributed by atoms with Gasteiger partial charge in [0, 0.05) is 5.92 Å². The molecule has 0 amide bonds. The van der Waals surface area contributed by atoms with Crippen molar-refractivity contribution in [2.75, 3.05) is 0 Å². The standard InChI is InChI=1S/C12H10BrNO3S/c1-5-4-6(5)7-2-3-8(17-7)10-9(11(15)16)14-12(13)18-10/h2-3,5-6H,4H2,1H3,(H,15,16). The van der Waals surface area contributed by atoms with E-state index in [1.165, 1.54) is 11.3 Å². The lowest BCUT2D eigenvalue weighted by Gasteiger charge is -1.94. The third-order valence-electron chi connectivity index (χ3n) is 3.13. The minimum Gasteiger partial charge on any atom is -0.476 e. The first-order chi connectivity index (χ1) is 8.56. The van der Waals surface area contributed by atoms with Crippen LogP contribution in [0.25, 0.3) is 10.6 Å². The predicted molar refractivity (Wildman–Crippen MR) is 71.0 cm³/mol. The molecule has 1 fully saturated rings. The van der Waals surface area contributed by atoms with E-state index in [2.05, 4.69) is 27.8 Å². The Hall–Kier alpha value is -1.14. The van der Waals surface area contributed by atoms with Crippen molar-refractivity contribution in [3.63, 3.8) is 0 Å². The van der Waals surface area contributed by atoms with Crippen LogP contribution in [0.3, 0.4) is 0 Å². The highest BCUT2D eigenvalue weighted by Gasteiger charge is 2.37. The molecule has 18 heavy (non-hydrogen) atoms. The van der Waals surface area contributed by atoms with Crippen LogP contribution in [-0.2, 0) is 0 Å². The molecule has 1 saturated carbocycles. The molecule has 3 rings (SSSR count). The molecule has 1 aliphatic carbocycles. The Balaban J connectivity index is 1.99. The van der Waals surface area contributed by atoms with Crippen molar-refractivity contribution in [3.05, 3.63) is 27.5 Å². The van der Waals surface area contributed by atoms with Crippen LogP contribution >= 0.6 is 27.3 Å². The van der Waals surface area contributed by atoms with Crippen LogP contribution in [0.15, 0.2) is 20.5 Å². The molecule has 0 bridgehead atoms. The van der Waals surface area contributed by atoms with Gasteiger partial charge in [0.15, 0.2) is 9.61 Å². The summed E-state index contributed by atoms with van der Waals surface area (Å²) >= 11 is 4.48. The van der Waals surface area contributed by atoms with Gasteiger partial charge >= 0.3 is 5.97 Å². The van der Waals surface area contributed by atoms with E-state index in [4.69, 9.17) is 9.52 Å². The third kappa shape index (κ3) is 1.99. The van der Waals surface area contributed by atoms with Gasteiger partial charge in [0.05, 0.1) is 0 Å². The molecule has 2 unspecified atom stereocenters. The molecule has 0 aromatic carbocycles. The van der Waals surface area contributed by atoms with Gasteiger partial charge in [0.25, 0.3) is 0 Å². The summed E-state index contributed by atoms with van der Waals surface area (Å²) in [6.45, 7) is 2.18. The summed E-state index contributed by atoms with van der Waals surface area (Å²) in [5.74, 6) is 1.65. The number of nitrogens with zero attached hydrogens (tertiary/aromatic N) is 1. The Bertz CT molecular complexity index is 619. The average molecular weight is 328 g/mol. The molecule has 0 spiro atoms. The van der Waals surface area contributed by atoms with Crippen LogP contribution in [0, 0.1) is 5.92 Å². The zero-order chi connectivity index (χ0) is 12.9. The topological polar surface area (TPSA) is 63.3 Å². The molecular formula is C12H10BrNO3S. The van der Waals surface area contributed by atoms with Gasteiger partial charge in [-0.2, -0.15) is 0 Å². The van der Waals surface area contributed by atoms with Crippen molar-refractivity contribution in [3.8, 4) is 10.6 Å². The van der Waals surface area contributed by atoms with Crippen LogP contribution in [-0.4, -0.2) is 16.1 Å². The maximum atomic E-state index is 11.1. The molecule has 2 aromatic rings. The van der Waals surface area contributed by atoms with Crippen LogP contribution in [0.1, 0.15) is 35.5 Å². The summed E-state index contributed by atoms with van der Waals surface area (Å²) in [7, 11) is 0. The summed E-state index contributed by atoms with van der Waals surface area (Å²) in [6, 6.07) is 3.76. The van der Waals surface area contributed by atoms with Crippen molar-refractivity contribution in [1.29, 1.82) is 0 Å². The van der Waals surface area contributed by atoms with Gasteiger partial charge in [0.1, 0.15) is 16.4 Å². The smallest absolute Gasteiger partial charge is 0.356 e. The van der Waals surface area contributed by atoms with E-state index in [1.807, 2.05) is 12.1 Å². The molecule has 0 saturated heterocycles. The van der Waals surface area contributed by atoms with Gasteiger partial charge in [0.2, 0.25) is 0 Å². The first kappa shape index (κ1) is 11.9. The Morgan fingerprint density at radius 3 is 2.94 bits per heavy atom. The minimum absolute atomic E-state index is 0.0385. The number of halogens is 1. The second-order valence-electron chi connectivity index (χ2n) is 4.47. The fraction of sp³-hybridized carbons (Fsp3) is 0.333. The first-order valence-corrected chi connectivity index (χ1v) is 7.17. The maximum absolute atomic E-state index is 11.1. The molecule has 2 heterocycles. The molecule has 2 aromatic heterocycles. The van der Waals surface area contributed by atoms with Gasteiger partial charge in [-0.15, -0.1) is 11.3 Å². The van der Waals surface area contributed by atoms with E-state index >= 15 is 0 Å². The number of furan rings is 1. The van der Waals surface area contributed by atoms with Gasteiger partial charge < -0.3 is 9.52 Å². The summed E-state index contributed by atoms with van der Waals surface area (Å²) < 4.78 is 6.30. The predicted octanol–water partition coefficient (Wildman–Crippen LogP) is 3.99. The summed E-state index contributed by atoms with van der Waals surface area (Å²) in [4.78, 5) is 15.6. The monoisotopic (exact) mass is 327 g/mol. The number of hydrogen-bond donors (Lipinski definition) is 1. The first-order valence-electron chi connectivity index (χ1n) is 5.56. The van der Waals surface area contributed by atoms with E-state index in [-0.39, 0.29) is 5.69 Å². The summed E-state index contributed by atoms with van der Waals surface area (Å²) in [6.07, 6.45) is 1.14. The van der Waals surface area contributed by atoms with Crippen LogP contribution in [0.2, 0.25) is 0 Å². The molecule has 4 nitrogen and oxygen atoms in total. The fourth-order valence-electron chi connectivity index (χ4n) is 2.00. The number of carboxylic acid groups (broad SMARTS) is 1. The number of hydrogen-bond acceptors (Lipinski definition) is 4. The van der Waals surface area contributed by atoms with Crippen molar-refractivity contribution < 1.29 is 14.3 Å². The molecule has 1 aliphatic rings. The highest BCUT2D eigenvalue weighted by Crippen LogP contribution is 2.48. The third-order valence-corrected chi connectivity index (χ3v) is 4.65. The quantitative estimate of drug-likeness (QED) is 0.925. The van der Waals surface area contributed by atoms with Crippen LogP contribution < -0.4 is 0 Å². The van der Waals surface area contributed by atoms with Crippen molar-refractivity contribution in [2.24, 2.45) is 5.92 Å². The van der Waals surface area contributed by atoms with E-state index in [0.29, 0.717) is 26.4 Å². The van der Waals surface area contributed by atoms with E-state index in [1.54, 1.807) is 0 Å². The number of carboxylic acids is 1. The van der Waals surface area contributed by atoms with Crippen molar-refractivity contribution >= 4 is 33.2 Å². The molecule has 0 aliphatic heterocycles. The summed E-state index contributed by atoms with van der Waals surface area (Å²) in [5.41, 5.74) is 0.0385. The van der Waals surface area contributed by atoms with Crippen molar-refractivity contribution in [2.45, 2.75) is 19.3 Å². The maximum Gasteiger partial charge on any atom is 0.356 e. The second-order valence-corrected chi connectivity index (χ2v) is 6.75. The number of aromatic carboxylic acids is 1. The molecular weight excluding hydrogens is 318 g/mol.